The number of benzene rings is 1. The molecular weight excluding hydrogens is 346 g/mol. The van der Waals surface area contributed by atoms with E-state index in [0.29, 0.717) is 16.6 Å². The van der Waals surface area contributed by atoms with Crippen molar-refractivity contribution in [3.05, 3.63) is 28.8 Å². The summed E-state index contributed by atoms with van der Waals surface area (Å²) >= 11 is 6.29. The topological polar surface area (TPSA) is 47.3 Å². The molecule has 0 radical (unpaired) electrons. The molecule has 1 atom stereocenters. The number of hydrogen-bond donors (Lipinski definition) is 0. The van der Waals surface area contributed by atoms with Crippen LogP contribution in [0.5, 0.6) is 0 Å². The van der Waals surface area contributed by atoms with Crippen LogP contribution in [0.4, 0.5) is 5.69 Å². The van der Waals surface area contributed by atoms with Crippen LogP contribution in [0.3, 0.4) is 0 Å². The van der Waals surface area contributed by atoms with Crippen LogP contribution in [-0.2, 0) is 4.79 Å². The molecule has 1 aliphatic heterocycles. The molecule has 0 bridgehead atoms. The van der Waals surface area contributed by atoms with Gasteiger partial charge in [0.15, 0.2) is 0 Å². The number of nitrogens with zero attached hydrogens (tertiary/aromatic N) is 3. The third-order valence-corrected chi connectivity index (χ3v) is 5.93. The first-order valence-corrected chi connectivity index (χ1v) is 9.93. The van der Waals surface area contributed by atoms with Crippen molar-refractivity contribution in [2.75, 3.05) is 24.5 Å². The van der Waals surface area contributed by atoms with Gasteiger partial charge in [0, 0.05) is 36.8 Å². The fourth-order valence-electron chi connectivity index (χ4n) is 3.85. The molecule has 1 heterocycles. The summed E-state index contributed by atoms with van der Waals surface area (Å²) in [5, 5.41) is 9.64. The van der Waals surface area contributed by atoms with Crippen molar-refractivity contribution in [1.29, 1.82) is 5.26 Å². The van der Waals surface area contributed by atoms with Gasteiger partial charge in [-0.15, -0.1) is 0 Å². The Hall–Kier alpha value is -1.73. The van der Waals surface area contributed by atoms with Gasteiger partial charge in [-0.05, 0) is 43.4 Å². The summed E-state index contributed by atoms with van der Waals surface area (Å²) in [5.41, 5.74) is 1.23. The fourth-order valence-corrected chi connectivity index (χ4v) is 4.06. The second kappa shape index (κ2) is 7.48. The van der Waals surface area contributed by atoms with Crippen molar-refractivity contribution in [2.24, 2.45) is 11.3 Å². The van der Waals surface area contributed by atoms with Gasteiger partial charge in [0.25, 0.3) is 0 Å². The molecule has 4 nitrogen and oxygen atoms in total. The molecule has 1 saturated carbocycles. The highest BCUT2D eigenvalue weighted by atomic mass is 35.5. The molecular formula is C21H28ClN3O. The van der Waals surface area contributed by atoms with Crippen LogP contribution in [0.15, 0.2) is 18.2 Å². The van der Waals surface area contributed by atoms with Gasteiger partial charge in [-0.2, -0.15) is 5.26 Å². The smallest absolute Gasteiger partial charge is 0.228 e. The van der Waals surface area contributed by atoms with E-state index in [1.54, 1.807) is 6.07 Å². The summed E-state index contributed by atoms with van der Waals surface area (Å²) in [6.07, 6.45) is 4.84. The van der Waals surface area contributed by atoms with E-state index in [0.717, 1.165) is 37.7 Å². The summed E-state index contributed by atoms with van der Waals surface area (Å²) in [6, 6.07) is 8.15. The molecule has 26 heavy (non-hydrogen) atoms. The van der Waals surface area contributed by atoms with Crippen molar-refractivity contribution in [3.63, 3.8) is 0 Å². The highest BCUT2D eigenvalue weighted by molar-refractivity contribution is 6.32. The van der Waals surface area contributed by atoms with Crippen molar-refractivity contribution in [3.8, 4) is 6.07 Å². The molecule has 1 unspecified atom stereocenters. The molecule has 140 valence electrons. The van der Waals surface area contributed by atoms with Crippen LogP contribution in [-0.4, -0.2) is 36.5 Å². The quantitative estimate of drug-likeness (QED) is 0.782. The van der Waals surface area contributed by atoms with Gasteiger partial charge >= 0.3 is 0 Å². The second-order valence-corrected chi connectivity index (χ2v) is 9.08. The Labute approximate surface area is 161 Å². The molecule has 2 aliphatic rings. The number of nitriles is 1. The van der Waals surface area contributed by atoms with E-state index in [4.69, 9.17) is 16.9 Å². The molecule has 5 heteroatoms. The normalized spacial score (nSPS) is 20.6. The molecule has 0 spiro atoms. The first-order chi connectivity index (χ1) is 12.3. The summed E-state index contributed by atoms with van der Waals surface area (Å²) in [7, 11) is 0. The van der Waals surface area contributed by atoms with Crippen LogP contribution in [0.2, 0.25) is 5.02 Å². The summed E-state index contributed by atoms with van der Waals surface area (Å²) in [4.78, 5) is 17.1. The molecule has 1 amide bonds. The van der Waals surface area contributed by atoms with Gasteiger partial charge < -0.3 is 9.80 Å². The maximum atomic E-state index is 12.6. The van der Waals surface area contributed by atoms with Gasteiger partial charge in [-0.25, -0.2) is 0 Å². The average Bonchev–Trinajstić information content (AvgIpc) is 3.01. The monoisotopic (exact) mass is 373 g/mol. The maximum Gasteiger partial charge on any atom is 0.228 e. The minimum atomic E-state index is -0.342. The van der Waals surface area contributed by atoms with Gasteiger partial charge in [0.2, 0.25) is 5.91 Å². The molecule has 1 aromatic rings. The Balaban J connectivity index is 1.80. The minimum Gasteiger partial charge on any atom is -0.366 e. The van der Waals surface area contributed by atoms with Crippen molar-refractivity contribution >= 4 is 23.2 Å². The van der Waals surface area contributed by atoms with Gasteiger partial charge in [0.05, 0.1) is 10.6 Å². The van der Waals surface area contributed by atoms with Gasteiger partial charge in [-0.1, -0.05) is 38.8 Å². The second-order valence-electron chi connectivity index (χ2n) is 8.67. The Bertz CT molecular complexity index is 715. The highest BCUT2D eigenvalue weighted by Gasteiger charge is 2.36. The van der Waals surface area contributed by atoms with Crippen LogP contribution in [0, 0.1) is 22.7 Å². The van der Waals surface area contributed by atoms with E-state index in [1.165, 1.54) is 19.3 Å². The van der Waals surface area contributed by atoms with Crippen LogP contribution in [0.25, 0.3) is 0 Å². The number of amides is 1. The number of carbonyl (C=O) groups excluding carboxylic acids is 1. The lowest BCUT2D eigenvalue weighted by Gasteiger charge is -2.38. The highest BCUT2D eigenvalue weighted by Crippen LogP contribution is 2.34. The lowest BCUT2D eigenvalue weighted by molar-refractivity contribution is -0.138. The number of likely N-dealkylation sites (tertiary alicyclic amines) is 1. The van der Waals surface area contributed by atoms with Crippen LogP contribution in [0.1, 0.15) is 52.0 Å². The summed E-state index contributed by atoms with van der Waals surface area (Å²) < 4.78 is 0. The Kier molecular flexibility index (Phi) is 5.48. The van der Waals surface area contributed by atoms with E-state index in [-0.39, 0.29) is 11.3 Å². The number of halogens is 1. The molecule has 1 aromatic carbocycles. The van der Waals surface area contributed by atoms with Crippen molar-refractivity contribution < 1.29 is 4.79 Å². The Morgan fingerprint density at radius 1 is 1.35 bits per heavy atom. The lowest BCUT2D eigenvalue weighted by atomic mass is 9.84. The number of carbonyl (C=O) groups is 1. The van der Waals surface area contributed by atoms with Crippen molar-refractivity contribution in [2.45, 2.75) is 52.5 Å². The number of rotatable bonds is 4. The summed E-state index contributed by atoms with van der Waals surface area (Å²) in [6.45, 7) is 8.52. The molecule has 1 aliphatic carbocycles. The van der Waals surface area contributed by atoms with Crippen LogP contribution >= 0.6 is 11.6 Å². The summed E-state index contributed by atoms with van der Waals surface area (Å²) in [5.74, 6) is 0.943. The Morgan fingerprint density at radius 2 is 2.08 bits per heavy atom. The van der Waals surface area contributed by atoms with E-state index in [1.807, 2.05) is 37.8 Å². The van der Waals surface area contributed by atoms with E-state index in [9.17, 15) is 4.79 Å². The molecule has 1 saturated heterocycles. The average molecular weight is 374 g/mol. The predicted molar refractivity (Wildman–Crippen MR) is 105 cm³/mol. The standard InChI is InChI=1S/C21H28ClN3O/c1-21(2,3)20(26)24-10-9-18(14-24)25(13-15-5-4-6-15)17-8-7-16(12-23)19(22)11-17/h7-8,11,15,18H,4-6,9-10,13-14H2,1-3H3. The molecule has 0 aromatic heterocycles. The Morgan fingerprint density at radius 3 is 2.62 bits per heavy atom. The minimum absolute atomic E-state index is 0.224. The molecule has 3 rings (SSSR count). The SMILES string of the molecule is CC(C)(C)C(=O)N1CCC(N(CC2CCC2)c2ccc(C#N)c(Cl)c2)C1. The van der Waals surface area contributed by atoms with Crippen molar-refractivity contribution in [1.82, 2.24) is 4.90 Å². The predicted octanol–water partition coefficient (Wildman–Crippen LogP) is 4.47. The first kappa shape index (κ1) is 19.0. The zero-order chi connectivity index (χ0) is 18.9. The zero-order valence-electron chi connectivity index (χ0n) is 16.0. The van der Waals surface area contributed by atoms with Gasteiger partial charge in [-0.3, -0.25) is 4.79 Å². The third kappa shape index (κ3) is 3.99. The zero-order valence-corrected chi connectivity index (χ0v) is 16.7. The fraction of sp³-hybridized carbons (Fsp3) is 0.619. The van der Waals surface area contributed by atoms with E-state index < -0.39 is 0 Å². The lowest BCUT2D eigenvalue weighted by Crippen LogP contribution is -2.44. The van der Waals surface area contributed by atoms with E-state index in [2.05, 4.69) is 11.0 Å². The first-order valence-electron chi connectivity index (χ1n) is 9.55. The largest absolute Gasteiger partial charge is 0.366 e. The number of anilines is 1. The molecule has 2 fully saturated rings. The van der Waals surface area contributed by atoms with Gasteiger partial charge in [0.1, 0.15) is 6.07 Å². The third-order valence-electron chi connectivity index (χ3n) is 5.62. The molecule has 0 N–H and O–H groups in total. The maximum absolute atomic E-state index is 12.6. The van der Waals surface area contributed by atoms with Crippen LogP contribution < -0.4 is 4.90 Å². The number of hydrogen-bond acceptors (Lipinski definition) is 3. The van der Waals surface area contributed by atoms with E-state index >= 15 is 0 Å².